The number of piperidine rings is 2. The van der Waals surface area contributed by atoms with Crippen molar-refractivity contribution in [3.05, 3.63) is 131 Å². The number of nitrogens with zero attached hydrogens (tertiary/aromatic N) is 4. The van der Waals surface area contributed by atoms with E-state index in [2.05, 4.69) is 76.0 Å². The number of hydrogen-bond acceptors (Lipinski definition) is 5. The van der Waals surface area contributed by atoms with Gasteiger partial charge in [-0.05, 0) is 137 Å². The van der Waals surface area contributed by atoms with E-state index >= 15 is 0 Å². The SMILES string of the molecule is CC(=O)N(C[C@@H]1CCCN(C2Cc3ccccc3C2)C1)c1ccccc1.CCC(=O)N(C[C@@H]1CCCN(C(=O)OC(C)(C)C)C1)c1ccccc1.IC1Cc2ccccc2C1. The molecule has 8 nitrogen and oxygen atoms in total. The van der Waals surface area contributed by atoms with Crippen molar-refractivity contribution in [2.75, 3.05) is 49.1 Å². The van der Waals surface area contributed by atoms with E-state index in [1.54, 1.807) is 23.0 Å². The molecule has 2 atom stereocenters. The Morgan fingerprint density at radius 1 is 0.656 bits per heavy atom. The number of anilines is 2. The van der Waals surface area contributed by atoms with Crippen LogP contribution in [0.4, 0.5) is 16.2 Å². The number of ether oxygens (including phenoxy) is 1. The molecule has 0 N–H and O–H groups in total. The first-order valence-corrected chi connectivity index (χ1v) is 23.8. The van der Waals surface area contributed by atoms with Crippen LogP contribution in [0, 0.1) is 11.8 Å². The van der Waals surface area contributed by atoms with Gasteiger partial charge >= 0.3 is 6.09 Å². The number of fused-ring (bicyclic) bond motifs is 2. The average molecular weight is 939 g/mol. The number of likely N-dealkylation sites (tertiary alicyclic amines) is 2. The number of hydrogen-bond donors (Lipinski definition) is 0. The molecule has 2 aliphatic carbocycles. The minimum atomic E-state index is -0.488. The molecule has 2 heterocycles. The molecule has 8 rings (SSSR count). The molecular weight excluding hydrogens is 871 g/mol. The first kappa shape index (κ1) is 46.3. The van der Waals surface area contributed by atoms with E-state index in [0.29, 0.717) is 31.5 Å². The summed E-state index contributed by atoms with van der Waals surface area (Å²) in [5.74, 6) is 1.07. The van der Waals surface area contributed by atoms with Crippen molar-refractivity contribution in [3.63, 3.8) is 0 Å². The lowest BCUT2D eigenvalue weighted by molar-refractivity contribution is -0.118. The summed E-state index contributed by atoms with van der Waals surface area (Å²) in [5.41, 5.74) is 7.61. The van der Waals surface area contributed by atoms with Gasteiger partial charge in [-0.2, -0.15) is 0 Å². The summed E-state index contributed by atoms with van der Waals surface area (Å²) in [6.07, 6.45) is 9.52. The smallest absolute Gasteiger partial charge is 0.410 e. The molecular formula is C52H67IN4O4. The highest BCUT2D eigenvalue weighted by Crippen LogP contribution is 2.30. The van der Waals surface area contributed by atoms with Crippen LogP contribution in [0.1, 0.15) is 89.0 Å². The van der Waals surface area contributed by atoms with Gasteiger partial charge < -0.3 is 19.4 Å². The summed E-state index contributed by atoms with van der Waals surface area (Å²) in [6, 6.07) is 38.1. The van der Waals surface area contributed by atoms with E-state index in [9.17, 15) is 14.4 Å². The predicted octanol–water partition coefficient (Wildman–Crippen LogP) is 10.6. The number of benzene rings is 4. The number of amides is 3. The first-order valence-electron chi connectivity index (χ1n) is 22.5. The highest BCUT2D eigenvalue weighted by molar-refractivity contribution is 14.1. The highest BCUT2D eigenvalue weighted by atomic mass is 127. The molecule has 0 unspecified atom stereocenters. The molecule has 4 aromatic rings. The third-order valence-electron chi connectivity index (χ3n) is 12.3. The summed E-state index contributed by atoms with van der Waals surface area (Å²) in [6.45, 7) is 14.3. The van der Waals surface area contributed by atoms with Crippen LogP contribution in [0.2, 0.25) is 0 Å². The monoisotopic (exact) mass is 938 g/mol. The fourth-order valence-electron chi connectivity index (χ4n) is 9.27. The van der Waals surface area contributed by atoms with Crippen LogP contribution in [-0.2, 0) is 40.0 Å². The molecule has 326 valence electrons. The van der Waals surface area contributed by atoms with Gasteiger partial charge in [0, 0.05) is 67.4 Å². The Morgan fingerprint density at radius 3 is 1.62 bits per heavy atom. The maximum Gasteiger partial charge on any atom is 0.410 e. The van der Waals surface area contributed by atoms with Crippen molar-refractivity contribution in [2.24, 2.45) is 11.8 Å². The molecule has 0 spiro atoms. The third kappa shape index (κ3) is 13.6. The summed E-state index contributed by atoms with van der Waals surface area (Å²) in [7, 11) is 0. The summed E-state index contributed by atoms with van der Waals surface area (Å²) in [5, 5.41) is 0. The standard InChI is InChI=1S/C23H28N2O.C20H30N2O3.C9H9I/c1-18(26)25(22-11-3-2-4-12-22)17-19-8-7-13-24(16-19)23-14-20-9-5-6-10-21(20)15-23;1-5-18(23)22(17-11-7-6-8-12-17)15-16-10-9-13-21(14-16)19(24)25-20(2,3)4;10-9-5-7-3-1-2-4-8(7)6-9/h2-6,9-12,19,23H,7-8,13-17H2,1H3;6-8,11-12,16H,5,9-10,13-15H2,1-4H3;1-4,9H,5-6H2/t19-;16-;/m11./s1. The van der Waals surface area contributed by atoms with Gasteiger partial charge in [0.05, 0.1) is 0 Å². The first-order chi connectivity index (χ1) is 29.4. The zero-order chi connectivity index (χ0) is 43.4. The van der Waals surface area contributed by atoms with Crippen LogP contribution in [0.25, 0.3) is 0 Å². The van der Waals surface area contributed by atoms with Gasteiger partial charge in [0.1, 0.15) is 5.60 Å². The summed E-state index contributed by atoms with van der Waals surface area (Å²) >= 11 is 2.53. The zero-order valence-corrected chi connectivity index (χ0v) is 39.3. The van der Waals surface area contributed by atoms with Crippen LogP contribution in [0.5, 0.6) is 0 Å². The predicted molar refractivity (Wildman–Crippen MR) is 258 cm³/mol. The maximum atomic E-state index is 12.4. The molecule has 61 heavy (non-hydrogen) atoms. The number of para-hydroxylation sites is 2. The van der Waals surface area contributed by atoms with Crippen LogP contribution in [0.15, 0.2) is 109 Å². The second kappa shape index (κ2) is 22.2. The molecule has 2 fully saturated rings. The lowest BCUT2D eigenvalue weighted by Crippen LogP contribution is -2.46. The summed E-state index contributed by atoms with van der Waals surface area (Å²) in [4.78, 5) is 45.2. The van der Waals surface area contributed by atoms with Crippen LogP contribution >= 0.6 is 22.6 Å². The highest BCUT2D eigenvalue weighted by Gasteiger charge is 2.32. The van der Waals surface area contributed by atoms with Crippen molar-refractivity contribution in [2.45, 2.75) is 108 Å². The van der Waals surface area contributed by atoms with Crippen molar-refractivity contribution >= 4 is 51.9 Å². The Morgan fingerprint density at radius 2 is 1.11 bits per heavy atom. The number of halogens is 1. The molecule has 3 amide bonds. The fourth-order valence-corrected chi connectivity index (χ4v) is 10.2. The Bertz CT molecular complexity index is 1970. The van der Waals surface area contributed by atoms with Crippen LogP contribution in [-0.4, -0.2) is 82.5 Å². The minimum absolute atomic E-state index is 0.112. The van der Waals surface area contributed by atoms with Gasteiger partial charge in [0.15, 0.2) is 0 Å². The zero-order valence-electron chi connectivity index (χ0n) is 37.1. The third-order valence-corrected chi connectivity index (χ3v) is 13.1. The van der Waals surface area contributed by atoms with Gasteiger partial charge in [-0.1, -0.05) is 114 Å². The van der Waals surface area contributed by atoms with E-state index in [1.165, 1.54) is 56.2 Å². The molecule has 0 radical (unpaired) electrons. The van der Waals surface area contributed by atoms with Gasteiger partial charge in [-0.25, -0.2) is 4.79 Å². The molecule has 4 aromatic carbocycles. The topological polar surface area (TPSA) is 73.4 Å². The van der Waals surface area contributed by atoms with Gasteiger partial charge in [-0.3, -0.25) is 14.5 Å². The van der Waals surface area contributed by atoms with Crippen molar-refractivity contribution < 1.29 is 19.1 Å². The Hall–Kier alpha value is -4.22. The lowest BCUT2D eigenvalue weighted by atomic mass is 9.95. The van der Waals surface area contributed by atoms with E-state index in [-0.39, 0.29) is 23.8 Å². The Balaban J connectivity index is 0.000000167. The lowest BCUT2D eigenvalue weighted by Gasteiger charge is -2.38. The Labute approximate surface area is 379 Å². The van der Waals surface area contributed by atoms with Crippen LogP contribution < -0.4 is 9.80 Å². The molecule has 0 bridgehead atoms. The van der Waals surface area contributed by atoms with Crippen LogP contribution in [0.3, 0.4) is 0 Å². The quantitative estimate of drug-likeness (QED) is 0.130. The second-order valence-corrected chi connectivity index (χ2v) is 20.0. The largest absolute Gasteiger partial charge is 0.444 e. The van der Waals surface area contributed by atoms with Crippen molar-refractivity contribution in [3.8, 4) is 0 Å². The minimum Gasteiger partial charge on any atom is -0.444 e. The normalized spacial score (nSPS) is 19.0. The van der Waals surface area contributed by atoms with Gasteiger partial charge in [-0.15, -0.1) is 0 Å². The fraction of sp³-hybridized carbons (Fsp3) is 0.481. The number of alkyl halides is 1. The number of rotatable bonds is 8. The molecule has 2 saturated heterocycles. The van der Waals surface area contributed by atoms with Crippen molar-refractivity contribution in [1.29, 1.82) is 0 Å². The molecule has 2 aliphatic heterocycles. The average Bonchev–Trinajstić information content (AvgIpc) is 3.88. The molecule has 0 aromatic heterocycles. The van der Waals surface area contributed by atoms with E-state index in [4.69, 9.17) is 4.74 Å². The number of carbonyl (C=O) groups excluding carboxylic acids is 3. The molecule has 9 heteroatoms. The van der Waals surface area contributed by atoms with Crippen molar-refractivity contribution in [1.82, 2.24) is 9.80 Å². The maximum absolute atomic E-state index is 12.4. The van der Waals surface area contributed by atoms with Gasteiger partial charge in [0.25, 0.3) is 0 Å². The van der Waals surface area contributed by atoms with E-state index in [0.717, 1.165) is 47.8 Å². The van der Waals surface area contributed by atoms with E-state index < -0.39 is 5.60 Å². The van der Waals surface area contributed by atoms with Gasteiger partial charge in [0.2, 0.25) is 11.8 Å². The molecule has 4 aliphatic rings. The second-order valence-electron chi connectivity index (χ2n) is 18.2. The summed E-state index contributed by atoms with van der Waals surface area (Å²) < 4.78 is 6.33. The molecule has 0 saturated carbocycles. The number of carbonyl (C=O) groups is 3. The van der Waals surface area contributed by atoms with E-state index in [1.807, 2.05) is 98.2 Å². The Kier molecular flexibility index (Phi) is 16.9.